The molecular formula is C9H20N4O2. The highest BCUT2D eigenvalue weighted by molar-refractivity contribution is 4.69. The standard InChI is InChI=1S/C9H20N4O2/c1-9(2,3)12(4)13(14)11-15-8-5-6-10-7-8/h8,10H,5-7H2,1-4H3/b13-11+/t8-/m1/s1. The number of rotatable bonds is 3. The average molecular weight is 216 g/mol. The summed E-state index contributed by atoms with van der Waals surface area (Å²) in [5, 5.41) is 19.6. The number of nitrogens with one attached hydrogen (secondary N) is 1. The second-order valence-corrected chi connectivity index (χ2v) is 4.75. The van der Waals surface area contributed by atoms with Gasteiger partial charge in [-0.2, -0.15) is 0 Å². The minimum atomic E-state index is -0.261. The quantitative estimate of drug-likeness (QED) is 0.432. The monoisotopic (exact) mass is 216 g/mol. The molecule has 6 heteroatoms. The molecule has 0 saturated carbocycles. The minimum Gasteiger partial charge on any atom is -0.569 e. The Hall–Kier alpha value is -1.04. The predicted octanol–water partition coefficient (Wildman–Crippen LogP) is 0.888. The maximum absolute atomic E-state index is 11.5. The van der Waals surface area contributed by atoms with Crippen LogP contribution in [0.15, 0.2) is 5.28 Å². The molecular weight excluding hydrogens is 196 g/mol. The molecule has 0 aromatic carbocycles. The van der Waals surface area contributed by atoms with Crippen LogP contribution in [0, 0.1) is 5.21 Å². The van der Waals surface area contributed by atoms with Gasteiger partial charge in [0.2, 0.25) is 5.28 Å². The molecule has 0 spiro atoms. The van der Waals surface area contributed by atoms with Crippen molar-refractivity contribution in [1.82, 2.24) is 10.3 Å². The first-order chi connectivity index (χ1) is 6.91. The van der Waals surface area contributed by atoms with Crippen molar-refractivity contribution in [3.63, 3.8) is 0 Å². The molecule has 0 aliphatic carbocycles. The lowest BCUT2D eigenvalue weighted by Crippen LogP contribution is -2.42. The molecule has 1 rings (SSSR count). The Balaban J connectivity index is 2.44. The third kappa shape index (κ3) is 3.54. The molecule has 0 radical (unpaired) electrons. The van der Waals surface area contributed by atoms with Crippen LogP contribution in [0.25, 0.3) is 0 Å². The fourth-order valence-corrected chi connectivity index (χ4v) is 1.14. The van der Waals surface area contributed by atoms with Crippen molar-refractivity contribution < 1.29 is 9.81 Å². The zero-order valence-electron chi connectivity index (χ0n) is 9.86. The highest BCUT2D eigenvalue weighted by Crippen LogP contribution is 2.11. The van der Waals surface area contributed by atoms with Crippen molar-refractivity contribution in [1.29, 1.82) is 0 Å². The lowest BCUT2D eigenvalue weighted by atomic mass is 10.1. The van der Waals surface area contributed by atoms with Crippen LogP contribution in [0.1, 0.15) is 27.2 Å². The van der Waals surface area contributed by atoms with E-state index < -0.39 is 0 Å². The number of hydrogen-bond donors (Lipinski definition) is 1. The highest BCUT2D eigenvalue weighted by atomic mass is 16.7. The third-order valence-electron chi connectivity index (χ3n) is 2.51. The van der Waals surface area contributed by atoms with Crippen LogP contribution < -0.4 is 5.32 Å². The molecule has 1 aliphatic heterocycles. The first-order valence-corrected chi connectivity index (χ1v) is 5.20. The van der Waals surface area contributed by atoms with Gasteiger partial charge in [-0.1, -0.05) is 0 Å². The molecule has 1 saturated heterocycles. The van der Waals surface area contributed by atoms with E-state index in [1.165, 1.54) is 5.01 Å². The van der Waals surface area contributed by atoms with Gasteiger partial charge < -0.3 is 15.4 Å². The van der Waals surface area contributed by atoms with Gasteiger partial charge in [0.1, 0.15) is 6.10 Å². The van der Waals surface area contributed by atoms with E-state index in [0.717, 1.165) is 19.5 Å². The number of hydrazine groups is 1. The van der Waals surface area contributed by atoms with E-state index in [0.29, 0.717) is 4.97 Å². The average Bonchev–Trinajstić information content (AvgIpc) is 2.63. The van der Waals surface area contributed by atoms with Crippen molar-refractivity contribution in [2.45, 2.75) is 38.8 Å². The Morgan fingerprint density at radius 2 is 2.20 bits per heavy atom. The summed E-state index contributed by atoms with van der Waals surface area (Å²) in [4.78, 5) is 5.61. The van der Waals surface area contributed by atoms with Gasteiger partial charge >= 0.3 is 0 Å². The summed E-state index contributed by atoms with van der Waals surface area (Å²) in [5.74, 6) is 0. The molecule has 0 bridgehead atoms. The summed E-state index contributed by atoms with van der Waals surface area (Å²) in [6, 6.07) is 0. The number of hydrogen-bond acceptors (Lipinski definition) is 4. The zero-order valence-corrected chi connectivity index (χ0v) is 9.86. The van der Waals surface area contributed by atoms with Crippen LogP contribution in [0.4, 0.5) is 0 Å². The molecule has 1 fully saturated rings. The molecule has 1 heterocycles. The van der Waals surface area contributed by atoms with Gasteiger partial charge in [0.25, 0.3) is 0 Å². The van der Waals surface area contributed by atoms with E-state index in [4.69, 9.17) is 4.84 Å². The summed E-state index contributed by atoms with van der Waals surface area (Å²) < 4.78 is 0. The molecule has 0 amide bonds. The largest absolute Gasteiger partial charge is 0.569 e. The lowest BCUT2D eigenvalue weighted by Gasteiger charge is -2.26. The van der Waals surface area contributed by atoms with Crippen LogP contribution in [0.3, 0.4) is 0 Å². The van der Waals surface area contributed by atoms with Crippen molar-refractivity contribution >= 4 is 0 Å². The van der Waals surface area contributed by atoms with Gasteiger partial charge in [-0.15, -0.1) is 5.01 Å². The Bertz CT molecular complexity index is 231. The van der Waals surface area contributed by atoms with Crippen LogP contribution in [0.2, 0.25) is 0 Å². The molecule has 0 aromatic rings. The van der Waals surface area contributed by atoms with E-state index in [-0.39, 0.29) is 11.6 Å². The van der Waals surface area contributed by atoms with E-state index in [1.54, 1.807) is 7.05 Å². The molecule has 1 aliphatic rings. The topological polar surface area (TPSA) is 62.9 Å². The van der Waals surface area contributed by atoms with Crippen molar-refractivity contribution in [2.75, 3.05) is 20.1 Å². The Morgan fingerprint density at radius 3 is 2.67 bits per heavy atom. The molecule has 6 nitrogen and oxygen atoms in total. The zero-order chi connectivity index (χ0) is 11.5. The minimum absolute atomic E-state index is 0.0230. The van der Waals surface area contributed by atoms with E-state index >= 15 is 0 Å². The van der Waals surface area contributed by atoms with E-state index in [1.807, 2.05) is 20.8 Å². The molecule has 0 aromatic heterocycles. The Morgan fingerprint density at radius 1 is 1.53 bits per heavy atom. The molecule has 0 unspecified atom stereocenters. The summed E-state index contributed by atoms with van der Waals surface area (Å²) in [7, 11) is 1.69. The van der Waals surface area contributed by atoms with Crippen molar-refractivity contribution in [2.24, 2.45) is 5.28 Å². The van der Waals surface area contributed by atoms with Gasteiger partial charge in [0, 0.05) is 13.0 Å². The third-order valence-corrected chi connectivity index (χ3v) is 2.51. The van der Waals surface area contributed by atoms with Gasteiger partial charge in [0.05, 0.1) is 17.6 Å². The molecule has 1 atom stereocenters. The van der Waals surface area contributed by atoms with Crippen LogP contribution in [0.5, 0.6) is 0 Å². The highest BCUT2D eigenvalue weighted by Gasteiger charge is 2.25. The number of nitrogens with zero attached hydrogens (tertiary/aromatic N) is 3. The van der Waals surface area contributed by atoms with Gasteiger partial charge in [-0.25, -0.2) is 0 Å². The second-order valence-electron chi connectivity index (χ2n) is 4.75. The lowest BCUT2D eigenvalue weighted by molar-refractivity contribution is -0.720. The summed E-state index contributed by atoms with van der Waals surface area (Å²) in [6.45, 7) is 7.49. The van der Waals surface area contributed by atoms with Gasteiger partial charge in [-0.3, -0.25) is 0 Å². The fourth-order valence-electron chi connectivity index (χ4n) is 1.14. The van der Waals surface area contributed by atoms with Crippen molar-refractivity contribution in [3.05, 3.63) is 5.21 Å². The smallest absolute Gasteiger partial charge is 0.233 e. The molecule has 15 heavy (non-hydrogen) atoms. The summed E-state index contributed by atoms with van der Waals surface area (Å²) >= 11 is 0. The Labute approximate surface area is 90.4 Å². The first kappa shape index (κ1) is 12.0. The van der Waals surface area contributed by atoms with E-state index in [9.17, 15) is 5.21 Å². The molecule has 1 N–H and O–H groups in total. The fraction of sp³-hybridized carbons (Fsp3) is 1.00. The maximum Gasteiger partial charge on any atom is 0.233 e. The van der Waals surface area contributed by atoms with Crippen LogP contribution in [-0.4, -0.2) is 41.8 Å². The predicted molar refractivity (Wildman–Crippen MR) is 55.9 cm³/mol. The van der Waals surface area contributed by atoms with Crippen LogP contribution >= 0.6 is 0 Å². The maximum atomic E-state index is 11.5. The second kappa shape index (κ2) is 4.65. The SMILES string of the molecule is CN(/[N+]([O-])=N\O[C@@H]1CCNC1)C(C)(C)C. The summed E-state index contributed by atoms with van der Waals surface area (Å²) in [6.07, 6.45) is 0.922. The van der Waals surface area contributed by atoms with Crippen molar-refractivity contribution in [3.8, 4) is 0 Å². The van der Waals surface area contributed by atoms with E-state index in [2.05, 4.69) is 10.6 Å². The molecule has 88 valence electrons. The Kier molecular flexibility index (Phi) is 3.73. The summed E-state index contributed by atoms with van der Waals surface area (Å²) in [5.41, 5.74) is -0.261. The normalized spacial score (nSPS) is 22.9. The van der Waals surface area contributed by atoms with Gasteiger partial charge in [-0.05, 0) is 27.3 Å². The van der Waals surface area contributed by atoms with Crippen LogP contribution in [-0.2, 0) is 4.84 Å². The first-order valence-electron chi connectivity index (χ1n) is 5.20. The van der Waals surface area contributed by atoms with Gasteiger partial charge in [0.15, 0.2) is 0 Å².